The van der Waals surface area contributed by atoms with Crippen molar-refractivity contribution in [3.63, 3.8) is 0 Å². The third kappa shape index (κ3) is 3.76. The van der Waals surface area contributed by atoms with E-state index in [9.17, 15) is 4.79 Å². The average Bonchev–Trinajstić information content (AvgIpc) is 2.15. The van der Waals surface area contributed by atoms with Crippen LogP contribution in [0.3, 0.4) is 0 Å². The van der Waals surface area contributed by atoms with Crippen molar-refractivity contribution in [1.29, 1.82) is 0 Å². The molecule has 1 rings (SSSR count). The molecule has 0 radical (unpaired) electrons. The van der Waals surface area contributed by atoms with Crippen molar-refractivity contribution in [2.24, 2.45) is 0 Å². The molecular weight excluding hydrogens is 204 g/mol. The molecule has 0 aromatic heterocycles. The molecule has 2 unspecified atom stereocenters. The van der Waals surface area contributed by atoms with Crippen LogP contribution in [0.2, 0.25) is 0 Å². The molecule has 0 bridgehead atoms. The van der Waals surface area contributed by atoms with E-state index >= 15 is 0 Å². The Morgan fingerprint density at radius 1 is 1.44 bits per heavy atom. The van der Waals surface area contributed by atoms with E-state index in [1.165, 1.54) is 6.42 Å². The van der Waals surface area contributed by atoms with Crippen LogP contribution in [0.1, 0.15) is 33.1 Å². The van der Waals surface area contributed by atoms with Gasteiger partial charge in [-0.05, 0) is 26.9 Å². The van der Waals surface area contributed by atoms with Gasteiger partial charge in [0.05, 0.1) is 6.42 Å². The third-order valence-corrected chi connectivity index (χ3v) is 3.31. The molecule has 0 aliphatic carbocycles. The second-order valence-corrected chi connectivity index (χ2v) is 4.91. The van der Waals surface area contributed by atoms with Gasteiger partial charge >= 0.3 is 5.97 Å². The molecule has 1 fully saturated rings. The van der Waals surface area contributed by atoms with Gasteiger partial charge in [0.15, 0.2) is 0 Å². The van der Waals surface area contributed by atoms with Crippen LogP contribution in [0.25, 0.3) is 0 Å². The van der Waals surface area contributed by atoms with Crippen molar-refractivity contribution in [1.82, 2.24) is 9.80 Å². The molecule has 1 heterocycles. The molecule has 0 aromatic rings. The Balaban J connectivity index is 2.60. The van der Waals surface area contributed by atoms with Gasteiger partial charge < -0.3 is 10.0 Å². The van der Waals surface area contributed by atoms with E-state index in [-0.39, 0.29) is 12.5 Å². The molecule has 0 aromatic carbocycles. The van der Waals surface area contributed by atoms with E-state index in [1.807, 2.05) is 0 Å². The number of hydrogen-bond acceptors (Lipinski definition) is 3. The molecule has 4 heteroatoms. The number of likely N-dealkylation sites (N-methyl/N-ethyl adjacent to an activating group) is 1. The molecule has 1 N–H and O–H groups in total. The van der Waals surface area contributed by atoms with Gasteiger partial charge in [0.2, 0.25) is 0 Å². The predicted octanol–water partition coefficient (Wildman–Crippen LogP) is 1.27. The molecule has 16 heavy (non-hydrogen) atoms. The zero-order chi connectivity index (χ0) is 12.1. The lowest BCUT2D eigenvalue weighted by molar-refractivity contribution is -0.139. The molecule has 0 spiro atoms. The van der Waals surface area contributed by atoms with Gasteiger partial charge in [0, 0.05) is 25.2 Å². The first-order chi connectivity index (χ1) is 7.54. The summed E-state index contributed by atoms with van der Waals surface area (Å²) in [6, 6.07) is 0.646. The number of aliphatic carboxylic acids is 1. The first kappa shape index (κ1) is 13.5. The highest BCUT2D eigenvalue weighted by atomic mass is 16.4. The van der Waals surface area contributed by atoms with Gasteiger partial charge in [0.25, 0.3) is 0 Å². The highest BCUT2D eigenvalue weighted by molar-refractivity contribution is 5.67. The summed E-state index contributed by atoms with van der Waals surface area (Å²) >= 11 is 0. The van der Waals surface area contributed by atoms with Crippen molar-refractivity contribution in [3.05, 3.63) is 0 Å². The number of carboxylic acid groups (broad SMARTS) is 1. The zero-order valence-electron chi connectivity index (χ0n) is 10.6. The van der Waals surface area contributed by atoms with Crippen molar-refractivity contribution in [3.8, 4) is 0 Å². The van der Waals surface area contributed by atoms with Crippen LogP contribution in [-0.4, -0.2) is 59.6 Å². The molecule has 1 aliphatic rings. The van der Waals surface area contributed by atoms with Crippen LogP contribution in [0, 0.1) is 0 Å². The van der Waals surface area contributed by atoms with Gasteiger partial charge in [-0.1, -0.05) is 13.3 Å². The van der Waals surface area contributed by atoms with Crippen LogP contribution in [0.4, 0.5) is 0 Å². The Morgan fingerprint density at radius 3 is 2.69 bits per heavy atom. The van der Waals surface area contributed by atoms with Gasteiger partial charge in [0.1, 0.15) is 0 Å². The topological polar surface area (TPSA) is 43.8 Å². The van der Waals surface area contributed by atoms with E-state index < -0.39 is 5.97 Å². The van der Waals surface area contributed by atoms with E-state index in [1.54, 1.807) is 0 Å². The van der Waals surface area contributed by atoms with Gasteiger partial charge in [-0.25, -0.2) is 0 Å². The minimum absolute atomic E-state index is 0.179. The maximum atomic E-state index is 10.9. The molecule has 1 aliphatic heterocycles. The number of unbranched alkanes of at least 4 members (excludes halogenated alkanes) is 1. The summed E-state index contributed by atoms with van der Waals surface area (Å²) in [6.45, 7) is 7.32. The molecule has 0 saturated carbocycles. The highest BCUT2D eigenvalue weighted by Crippen LogP contribution is 2.18. The molecule has 0 amide bonds. The number of piperazine rings is 1. The SMILES string of the molecule is CCCCN1C(C)CN(C)CC1CC(=O)O. The van der Waals surface area contributed by atoms with Gasteiger partial charge in [-0.15, -0.1) is 0 Å². The molecular formula is C12H24N2O2. The van der Waals surface area contributed by atoms with Crippen molar-refractivity contribution < 1.29 is 9.90 Å². The average molecular weight is 228 g/mol. The van der Waals surface area contributed by atoms with E-state index in [0.29, 0.717) is 6.04 Å². The number of nitrogens with zero attached hydrogens (tertiary/aromatic N) is 2. The summed E-state index contributed by atoms with van der Waals surface area (Å²) in [5.74, 6) is -0.686. The fourth-order valence-electron chi connectivity index (χ4n) is 2.58. The molecule has 94 valence electrons. The quantitative estimate of drug-likeness (QED) is 0.769. The Hall–Kier alpha value is -0.610. The Morgan fingerprint density at radius 2 is 2.12 bits per heavy atom. The lowest BCUT2D eigenvalue weighted by Crippen LogP contribution is -2.57. The summed E-state index contributed by atoms with van der Waals surface area (Å²) < 4.78 is 0. The van der Waals surface area contributed by atoms with Crippen LogP contribution in [-0.2, 0) is 4.79 Å². The van der Waals surface area contributed by atoms with E-state index in [4.69, 9.17) is 5.11 Å². The van der Waals surface area contributed by atoms with Crippen LogP contribution < -0.4 is 0 Å². The first-order valence-corrected chi connectivity index (χ1v) is 6.20. The number of carboxylic acids is 1. The number of rotatable bonds is 5. The van der Waals surface area contributed by atoms with E-state index in [2.05, 4.69) is 30.7 Å². The summed E-state index contributed by atoms with van der Waals surface area (Å²) in [5, 5.41) is 8.94. The minimum Gasteiger partial charge on any atom is -0.481 e. The van der Waals surface area contributed by atoms with Crippen LogP contribution in [0.5, 0.6) is 0 Å². The zero-order valence-corrected chi connectivity index (χ0v) is 10.6. The maximum absolute atomic E-state index is 10.9. The van der Waals surface area contributed by atoms with Crippen molar-refractivity contribution >= 4 is 5.97 Å². The highest BCUT2D eigenvalue weighted by Gasteiger charge is 2.31. The standard InChI is InChI=1S/C12H24N2O2/c1-4-5-6-14-10(2)8-13(3)9-11(14)7-12(15)16/h10-11H,4-9H2,1-3H3,(H,15,16). The second-order valence-electron chi connectivity index (χ2n) is 4.91. The normalized spacial score (nSPS) is 28.2. The molecule has 1 saturated heterocycles. The number of hydrogen-bond donors (Lipinski definition) is 1. The van der Waals surface area contributed by atoms with Crippen molar-refractivity contribution in [2.75, 3.05) is 26.7 Å². The summed E-state index contributed by atoms with van der Waals surface area (Å²) in [6.07, 6.45) is 2.58. The van der Waals surface area contributed by atoms with Crippen LogP contribution in [0.15, 0.2) is 0 Å². The Bertz CT molecular complexity index is 233. The lowest BCUT2D eigenvalue weighted by Gasteiger charge is -2.44. The van der Waals surface area contributed by atoms with Gasteiger partial charge in [-0.3, -0.25) is 9.69 Å². The number of carbonyl (C=O) groups is 1. The second kappa shape index (κ2) is 6.21. The maximum Gasteiger partial charge on any atom is 0.304 e. The van der Waals surface area contributed by atoms with Crippen LogP contribution >= 0.6 is 0 Å². The smallest absolute Gasteiger partial charge is 0.304 e. The summed E-state index contributed by atoms with van der Waals surface area (Å²) in [4.78, 5) is 15.5. The first-order valence-electron chi connectivity index (χ1n) is 6.20. The lowest BCUT2D eigenvalue weighted by atomic mass is 10.0. The Kier molecular flexibility index (Phi) is 5.22. The minimum atomic E-state index is -0.686. The fourth-order valence-corrected chi connectivity index (χ4v) is 2.58. The largest absolute Gasteiger partial charge is 0.481 e. The fraction of sp³-hybridized carbons (Fsp3) is 0.917. The monoisotopic (exact) mass is 228 g/mol. The molecule has 2 atom stereocenters. The molecule has 4 nitrogen and oxygen atoms in total. The van der Waals surface area contributed by atoms with Crippen molar-refractivity contribution in [2.45, 2.75) is 45.2 Å². The van der Waals surface area contributed by atoms with E-state index in [0.717, 1.165) is 26.1 Å². The van der Waals surface area contributed by atoms with Gasteiger partial charge in [-0.2, -0.15) is 0 Å². The third-order valence-electron chi connectivity index (χ3n) is 3.31. The Labute approximate surface area is 98.2 Å². The predicted molar refractivity (Wildman–Crippen MR) is 64.6 cm³/mol. The summed E-state index contributed by atoms with van der Waals surface area (Å²) in [7, 11) is 2.07. The summed E-state index contributed by atoms with van der Waals surface area (Å²) in [5.41, 5.74) is 0.